The average Bonchev–Trinajstić information content (AvgIpc) is 2.63. The molecule has 0 saturated heterocycles. The van der Waals surface area contributed by atoms with Gasteiger partial charge in [-0.1, -0.05) is 23.8 Å². The topological polar surface area (TPSA) is 42.6 Å². The summed E-state index contributed by atoms with van der Waals surface area (Å²) in [6.45, 7) is 10.4. The summed E-state index contributed by atoms with van der Waals surface area (Å²) in [5.74, 6) is 2.21. The second kappa shape index (κ2) is 6.79. The van der Waals surface area contributed by atoms with Crippen LogP contribution in [0.1, 0.15) is 28.3 Å². The Kier molecular flexibility index (Phi) is 4.42. The van der Waals surface area contributed by atoms with Crippen LogP contribution < -0.4 is 4.57 Å². The van der Waals surface area contributed by atoms with Crippen LogP contribution in [0.2, 0.25) is 0 Å². The zero-order valence-electron chi connectivity index (χ0n) is 17.3. The lowest BCUT2D eigenvalue weighted by atomic mass is 9.93. The molecular formula is C24H25N4+. The number of hydrogen-bond acceptors (Lipinski definition) is 3. The fraction of sp³-hybridized carbons (Fsp3) is 0.250. The predicted molar refractivity (Wildman–Crippen MR) is 113 cm³/mol. The maximum atomic E-state index is 4.60. The summed E-state index contributed by atoms with van der Waals surface area (Å²) in [5.41, 5.74) is 7.42. The van der Waals surface area contributed by atoms with Crippen LogP contribution in [0, 0.1) is 34.6 Å². The van der Waals surface area contributed by atoms with Gasteiger partial charge in [0.25, 0.3) is 0 Å². The van der Waals surface area contributed by atoms with Crippen LogP contribution in [0.25, 0.3) is 33.4 Å². The molecule has 2 aromatic carbocycles. The first-order chi connectivity index (χ1) is 13.3. The molecule has 4 rings (SSSR count). The molecule has 0 radical (unpaired) electrons. The van der Waals surface area contributed by atoms with Gasteiger partial charge in [0.1, 0.15) is 18.7 Å². The Hall–Kier alpha value is -3.14. The first-order valence-corrected chi connectivity index (χ1v) is 9.54. The lowest BCUT2D eigenvalue weighted by Crippen LogP contribution is -2.31. The van der Waals surface area contributed by atoms with Crippen molar-refractivity contribution in [1.82, 2.24) is 15.0 Å². The van der Waals surface area contributed by atoms with Crippen LogP contribution in [0.3, 0.4) is 0 Å². The summed E-state index contributed by atoms with van der Waals surface area (Å²) in [6, 6.07) is 13.0. The van der Waals surface area contributed by atoms with Crippen molar-refractivity contribution in [1.29, 1.82) is 0 Å². The Morgan fingerprint density at radius 2 is 1.46 bits per heavy atom. The Bertz CT molecular complexity index is 1200. The highest BCUT2D eigenvalue weighted by atomic mass is 15.0. The molecule has 0 spiro atoms. The number of rotatable bonds is 2. The molecule has 4 heteroatoms. The minimum absolute atomic E-state index is 0.729. The maximum absolute atomic E-state index is 4.60. The molecule has 140 valence electrons. The van der Waals surface area contributed by atoms with Crippen LogP contribution in [0.4, 0.5) is 0 Å². The average molecular weight is 369 g/mol. The molecule has 0 atom stereocenters. The molecule has 0 amide bonds. The Balaban J connectivity index is 2.07. The van der Waals surface area contributed by atoms with Crippen molar-refractivity contribution in [3.63, 3.8) is 0 Å². The monoisotopic (exact) mass is 369 g/mol. The largest absolute Gasteiger partial charge is 0.220 e. The van der Waals surface area contributed by atoms with E-state index in [1.54, 1.807) is 0 Å². The van der Waals surface area contributed by atoms with E-state index in [9.17, 15) is 0 Å². The molecule has 2 aromatic heterocycles. The van der Waals surface area contributed by atoms with E-state index < -0.39 is 0 Å². The first kappa shape index (κ1) is 18.2. The van der Waals surface area contributed by atoms with Gasteiger partial charge in [-0.05, 0) is 57.9 Å². The number of pyridine rings is 1. The lowest BCUT2D eigenvalue weighted by molar-refractivity contribution is -0.659. The van der Waals surface area contributed by atoms with Gasteiger partial charge >= 0.3 is 0 Å². The Morgan fingerprint density at radius 1 is 0.750 bits per heavy atom. The number of aromatic nitrogens is 4. The molecule has 0 N–H and O–H groups in total. The van der Waals surface area contributed by atoms with Gasteiger partial charge in [-0.3, -0.25) is 0 Å². The zero-order valence-corrected chi connectivity index (χ0v) is 17.3. The van der Waals surface area contributed by atoms with Crippen molar-refractivity contribution >= 4 is 10.8 Å². The molecule has 0 aliphatic carbocycles. The van der Waals surface area contributed by atoms with Crippen molar-refractivity contribution in [2.24, 2.45) is 7.05 Å². The van der Waals surface area contributed by atoms with E-state index in [2.05, 4.69) is 89.9 Å². The normalized spacial score (nSPS) is 11.2. The van der Waals surface area contributed by atoms with Gasteiger partial charge in [-0.25, -0.2) is 19.5 Å². The molecule has 4 nitrogen and oxygen atoms in total. The highest BCUT2D eigenvalue weighted by Gasteiger charge is 2.20. The summed E-state index contributed by atoms with van der Waals surface area (Å²) < 4.78 is 2.21. The van der Waals surface area contributed by atoms with Crippen LogP contribution in [-0.2, 0) is 7.05 Å². The second-order valence-electron chi connectivity index (χ2n) is 7.55. The van der Waals surface area contributed by atoms with Crippen molar-refractivity contribution in [2.45, 2.75) is 34.6 Å². The molecule has 0 aliphatic heterocycles. The molecule has 4 aromatic rings. The molecule has 0 saturated carbocycles. The van der Waals surface area contributed by atoms with Gasteiger partial charge in [-0.15, -0.1) is 0 Å². The minimum atomic E-state index is 0.729. The zero-order chi connectivity index (χ0) is 20.0. The minimum Gasteiger partial charge on any atom is -0.219 e. The third-order valence-corrected chi connectivity index (χ3v) is 5.35. The Morgan fingerprint density at radius 3 is 2.18 bits per heavy atom. The van der Waals surface area contributed by atoms with Crippen LogP contribution in [-0.4, -0.2) is 15.0 Å². The number of nitrogens with zero attached hydrogens (tertiary/aromatic N) is 4. The number of hydrogen-bond donors (Lipinski definition) is 0. The molecular weight excluding hydrogens is 344 g/mol. The van der Waals surface area contributed by atoms with E-state index in [1.165, 1.54) is 33.3 Å². The fourth-order valence-corrected chi connectivity index (χ4v) is 3.95. The fourth-order valence-electron chi connectivity index (χ4n) is 3.95. The van der Waals surface area contributed by atoms with E-state index in [0.29, 0.717) is 0 Å². The first-order valence-electron chi connectivity index (χ1n) is 9.54. The Labute approximate surface area is 166 Å². The summed E-state index contributed by atoms with van der Waals surface area (Å²) in [7, 11) is 2.11. The highest BCUT2D eigenvalue weighted by Crippen LogP contribution is 2.34. The van der Waals surface area contributed by atoms with Crippen molar-refractivity contribution in [3.8, 4) is 22.6 Å². The van der Waals surface area contributed by atoms with Gasteiger partial charge in [0.05, 0.1) is 10.9 Å². The van der Waals surface area contributed by atoms with Crippen molar-refractivity contribution < 1.29 is 4.57 Å². The molecule has 28 heavy (non-hydrogen) atoms. The summed E-state index contributed by atoms with van der Waals surface area (Å²) in [6.07, 6.45) is 2.12. The number of fused-ring (bicyclic) bond motifs is 1. The standard InChI is InChI=1S/C24H25N4/c1-14-12-15(2)16(3)22(13-14)23-20-8-7-9-21(19(20)10-11-28(23)6)24-26-17(4)25-18(5)27-24/h7-13H,1-6H3/q+1. The second-order valence-corrected chi connectivity index (χ2v) is 7.55. The van der Waals surface area contributed by atoms with Crippen LogP contribution >= 0.6 is 0 Å². The van der Waals surface area contributed by atoms with Gasteiger partial charge in [0, 0.05) is 17.0 Å². The molecule has 0 unspecified atom stereocenters. The molecule has 0 aliphatic rings. The van der Waals surface area contributed by atoms with E-state index >= 15 is 0 Å². The highest BCUT2D eigenvalue weighted by molar-refractivity contribution is 6.01. The molecule has 2 heterocycles. The van der Waals surface area contributed by atoms with E-state index in [1.807, 2.05) is 13.8 Å². The third-order valence-electron chi connectivity index (χ3n) is 5.35. The number of aryl methyl sites for hydroxylation is 5. The van der Waals surface area contributed by atoms with E-state index in [4.69, 9.17) is 0 Å². The third kappa shape index (κ3) is 3.05. The quantitative estimate of drug-likeness (QED) is 0.480. The molecule has 0 bridgehead atoms. The van der Waals surface area contributed by atoms with Gasteiger partial charge in [-0.2, -0.15) is 0 Å². The summed E-state index contributed by atoms with van der Waals surface area (Å²) in [5, 5.41) is 2.35. The van der Waals surface area contributed by atoms with E-state index in [-0.39, 0.29) is 0 Å². The van der Waals surface area contributed by atoms with Crippen molar-refractivity contribution in [3.05, 3.63) is 70.9 Å². The van der Waals surface area contributed by atoms with Gasteiger partial charge in [0.2, 0.25) is 5.69 Å². The number of benzene rings is 2. The van der Waals surface area contributed by atoms with Crippen molar-refractivity contribution in [2.75, 3.05) is 0 Å². The van der Waals surface area contributed by atoms with Gasteiger partial charge < -0.3 is 0 Å². The summed E-state index contributed by atoms with van der Waals surface area (Å²) in [4.78, 5) is 13.5. The van der Waals surface area contributed by atoms with E-state index in [0.717, 1.165) is 28.4 Å². The lowest BCUT2D eigenvalue weighted by Gasteiger charge is -2.13. The SMILES string of the molecule is Cc1cc(C)c(C)c(-c2c3cccc(-c4nc(C)nc(C)n4)c3cc[n+]2C)c1. The maximum Gasteiger partial charge on any atom is 0.220 e. The summed E-state index contributed by atoms with van der Waals surface area (Å²) >= 11 is 0. The van der Waals surface area contributed by atoms with Crippen LogP contribution in [0.15, 0.2) is 42.6 Å². The molecule has 0 fully saturated rings. The predicted octanol–water partition coefficient (Wildman–Crippen LogP) is 4.73. The smallest absolute Gasteiger partial charge is 0.219 e. The van der Waals surface area contributed by atoms with Gasteiger partial charge in [0.15, 0.2) is 12.0 Å². The van der Waals surface area contributed by atoms with Crippen LogP contribution in [0.5, 0.6) is 0 Å².